The summed E-state index contributed by atoms with van der Waals surface area (Å²) >= 11 is 3.18. The standard InChI is InChI=1S/C19H19N3OS2/c1-4-12-5-6-13-16(9-12)25-19(20-13)21-18(23)15-10-17-14(7-8-24-17)22(15)11(2)3/h5-11H,4H2,1-3H3,(H,20,21,23). The van der Waals surface area contributed by atoms with Crippen LogP contribution in [-0.2, 0) is 6.42 Å². The molecule has 128 valence electrons. The monoisotopic (exact) mass is 369 g/mol. The summed E-state index contributed by atoms with van der Waals surface area (Å²) in [7, 11) is 0. The third-order valence-electron chi connectivity index (χ3n) is 4.29. The molecule has 1 N–H and O–H groups in total. The van der Waals surface area contributed by atoms with Crippen molar-refractivity contribution in [2.75, 3.05) is 5.32 Å². The minimum absolute atomic E-state index is 0.105. The Morgan fingerprint density at radius 3 is 2.84 bits per heavy atom. The molecular formula is C19H19N3OS2. The average Bonchev–Trinajstić information content (AvgIpc) is 3.26. The van der Waals surface area contributed by atoms with Crippen LogP contribution >= 0.6 is 22.7 Å². The minimum atomic E-state index is -0.105. The lowest BCUT2D eigenvalue weighted by Gasteiger charge is -2.13. The molecule has 0 atom stereocenters. The highest BCUT2D eigenvalue weighted by molar-refractivity contribution is 7.22. The molecule has 0 aliphatic carbocycles. The van der Waals surface area contributed by atoms with Gasteiger partial charge in [-0.2, -0.15) is 0 Å². The molecule has 1 amide bonds. The summed E-state index contributed by atoms with van der Waals surface area (Å²) < 4.78 is 4.33. The van der Waals surface area contributed by atoms with Crippen LogP contribution in [0.3, 0.4) is 0 Å². The Kier molecular flexibility index (Phi) is 4.09. The zero-order valence-electron chi connectivity index (χ0n) is 14.4. The number of hydrogen-bond donors (Lipinski definition) is 1. The van der Waals surface area contributed by atoms with Crippen LogP contribution in [0, 0.1) is 0 Å². The SMILES string of the molecule is CCc1ccc2nc(NC(=O)c3cc4sccc4n3C(C)C)sc2c1. The zero-order chi connectivity index (χ0) is 17.6. The lowest BCUT2D eigenvalue weighted by molar-refractivity contribution is 0.101. The number of carbonyl (C=O) groups excluding carboxylic acids is 1. The van der Waals surface area contributed by atoms with Crippen LogP contribution in [-0.4, -0.2) is 15.5 Å². The largest absolute Gasteiger partial charge is 0.333 e. The van der Waals surface area contributed by atoms with Gasteiger partial charge in [0.15, 0.2) is 5.13 Å². The van der Waals surface area contributed by atoms with Crippen molar-refractivity contribution in [2.24, 2.45) is 0 Å². The van der Waals surface area contributed by atoms with E-state index in [-0.39, 0.29) is 11.9 Å². The molecule has 0 bridgehead atoms. The molecule has 0 saturated heterocycles. The molecule has 0 aliphatic rings. The topological polar surface area (TPSA) is 46.9 Å². The van der Waals surface area contributed by atoms with E-state index in [9.17, 15) is 4.79 Å². The van der Waals surface area contributed by atoms with Crippen LogP contribution in [0.15, 0.2) is 35.7 Å². The molecule has 6 heteroatoms. The predicted octanol–water partition coefficient (Wildman–Crippen LogP) is 5.71. The van der Waals surface area contributed by atoms with Gasteiger partial charge >= 0.3 is 0 Å². The summed E-state index contributed by atoms with van der Waals surface area (Å²) in [5, 5.41) is 5.69. The van der Waals surface area contributed by atoms with E-state index in [0.717, 1.165) is 26.9 Å². The van der Waals surface area contributed by atoms with E-state index in [1.165, 1.54) is 16.9 Å². The van der Waals surface area contributed by atoms with E-state index in [0.29, 0.717) is 10.8 Å². The number of carbonyl (C=O) groups is 1. The lowest BCUT2D eigenvalue weighted by atomic mass is 10.2. The molecule has 3 heterocycles. The van der Waals surface area contributed by atoms with Crippen molar-refractivity contribution in [3.63, 3.8) is 0 Å². The van der Waals surface area contributed by atoms with Gasteiger partial charge in [0.2, 0.25) is 0 Å². The quantitative estimate of drug-likeness (QED) is 0.501. The maximum Gasteiger partial charge on any atom is 0.274 e. The highest BCUT2D eigenvalue weighted by Crippen LogP contribution is 2.30. The first-order valence-corrected chi connectivity index (χ1v) is 10.1. The second kappa shape index (κ2) is 6.28. The maximum absolute atomic E-state index is 12.8. The van der Waals surface area contributed by atoms with Gasteiger partial charge in [0.25, 0.3) is 5.91 Å². The molecule has 0 saturated carbocycles. The number of thiazole rings is 1. The average molecular weight is 370 g/mol. The Morgan fingerprint density at radius 2 is 2.08 bits per heavy atom. The Hall–Kier alpha value is -2.18. The molecule has 25 heavy (non-hydrogen) atoms. The molecule has 4 nitrogen and oxygen atoms in total. The Balaban J connectivity index is 1.68. The first-order chi connectivity index (χ1) is 12.1. The summed E-state index contributed by atoms with van der Waals surface area (Å²) in [6, 6.07) is 10.5. The maximum atomic E-state index is 12.8. The van der Waals surface area contributed by atoms with Gasteiger partial charge in [0, 0.05) is 6.04 Å². The van der Waals surface area contributed by atoms with Crippen molar-refractivity contribution in [3.8, 4) is 0 Å². The molecule has 0 unspecified atom stereocenters. The molecular weight excluding hydrogens is 350 g/mol. The van der Waals surface area contributed by atoms with Gasteiger partial charge in [-0.1, -0.05) is 24.3 Å². The second-order valence-electron chi connectivity index (χ2n) is 6.29. The zero-order valence-corrected chi connectivity index (χ0v) is 16.0. The van der Waals surface area contributed by atoms with Gasteiger partial charge in [0.05, 0.1) is 20.4 Å². The number of rotatable bonds is 4. The van der Waals surface area contributed by atoms with Crippen LogP contribution < -0.4 is 5.32 Å². The van der Waals surface area contributed by atoms with Gasteiger partial charge < -0.3 is 4.57 Å². The molecule has 0 spiro atoms. The van der Waals surface area contributed by atoms with Gasteiger partial charge in [-0.3, -0.25) is 10.1 Å². The number of fused-ring (bicyclic) bond motifs is 2. The summed E-state index contributed by atoms with van der Waals surface area (Å²) in [4.78, 5) is 17.4. The van der Waals surface area contributed by atoms with Crippen LogP contribution in [0.5, 0.6) is 0 Å². The van der Waals surface area contributed by atoms with Crippen molar-refractivity contribution in [3.05, 3.63) is 47.0 Å². The fraction of sp³-hybridized carbons (Fsp3) is 0.263. The number of aromatic nitrogens is 2. The summed E-state index contributed by atoms with van der Waals surface area (Å²) in [5.74, 6) is -0.105. The fourth-order valence-corrected chi connectivity index (χ4v) is 4.81. The number of aryl methyl sites for hydroxylation is 1. The second-order valence-corrected chi connectivity index (χ2v) is 8.27. The van der Waals surface area contributed by atoms with E-state index >= 15 is 0 Å². The van der Waals surface area contributed by atoms with Gasteiger partial charge in [-0.05, 0) is 55.5 Å². The minimum Gasteiger partial charge on any atom is -0.333 e. The fourth-order valence-electron chi connectivity index (χ4n) is 3.08. The van der Waals surface area contributed by atoms with Crippen LogP contribution in [0.25, 0.3) is 20.4 Å². The summed E-state index contributed by atoms with van der Waals surface area (Å²) in [6.45, 7) is 6.33. The van der Waals surface area contributed by atoms with Crippen LogP contribution in [0.4, 0.5) is 5.13 Å². The molecule has 4 aromatic rings. The molecule has 0 fully saturated rings. The van der Waals surface area contributed by atoms with Crippen molar-refractivity contribution >= 4 is 54.1 Å². The highest BCUT2D eigenvalue weighted by atomic mass is 32.1. The van der Waals surface area contributed by atoms with Crippen molar-refractivity contribution < 1.29 is 4.79 Å². The molecule has 0 aliphatic heterocycles. The van der Waals surface area contributed by atoms with E-state index in [1.807, 2.05) is 12.1 Å². The highest BCUT2D eigenvalue weighted by Gasteiger charge is 2.19. The van der Waals surface area contributed by atoms with E-state index in [4.69, 9.17) is 0 Å². The van der Waals surface area contributed by atoms with Crippen LogP contribution in [0.2, 0.25) is 0 Å². The summed E-state index contributed by atoms with van der Waals surface area (Å²) in [5.41, 5.74) is 4.01. The molecule has 3 aromatic heterocycles. The number of benzene rings is 1. The van der Waals surface area contributed by atoms with Gasteiger partial charge in [-0.25, -0.2) is 4.98 Å². The van der Waals surface area contributed by atoms with Crippen LogP contribution in [0.1, 0.15) is 42.9 Å². The van der Waals surface area contributed by atoms with E-state index in [2.05, 4.69) is 59.2 Å². The van der Waals surface area contributed by atoms with Gasteiger partial charge in [-0.15, -0.1) is 11.3 Å². The number of nitrogens with one attached hydrogen (secondary N) is 1. The number of thiophene rings is 1. The Morgan fingerprint density at radius 1 is 1.24 bits per heavy atom. The first kappa shape index (κ1) is 16.3. The molecule has 1 aromatic carbocycles. The summed E-state index contributed by atoms with van der Waals surface area (Å²) in [6.07, 6.45) is 0.994. The smallest absolute Gasteiger partial charge is 0.274 e. The normalized spacial score (nSPS) is 11.7. The number of anilines is 1. The van der Waals surface area contributed by atoms with Crippen molar-refractivity contribution in [1.82, 2.24) is 9.55 Å². The van der Waals surface area contributed by atoms with E-state index in [1.54, 1.807) is 11.3 Å². The van der Waals surface area contributed by atoms with Crippen molar-refractivity contribution in [1.29, 1.82) is 0 Å². The number of hydrogen-bond acceptors (Lipinski definition) is 4. The lowest BCUT2D eigenvalue weighted by Crippen LogP contribution is -2.18. The van der Waals surface area contributed by atoms with E-state index < -0.39 is 0 Å². The Bertz CT molecular complexity index is 1070. The Labute approximate surface area is 154 Å². The predicted molar refractivity (Wildman–Crippen MR) is 107 cm³/mol. The third-order valence-corrected chi connectivity index (χ3v) is 6.08. The third kappa shape index (κ3) is 2.85. The van der Waals surface area contributed by atoms with Crippen molar-refractivity contribution in [2.45, 2.75) is 33.2 Å². The first-order valence-electron chi connectivity index (χ1n) is 8.36. The molecule has 4 rings (SSSR count). The number of nitrogens with zero attached hydrogens (tertiary/aromatic N) is 2. The number of amides is 1. The van der Waals surface area contributed by atoms with Gasteiger partial charge in [0.1, 0.15) is 5.69 Å². The molecule has 0 radical (unpaired) electrons.